The molecule has 0 atom stereocenters. The van der Waals surface area contributed by atoms with E-state index in [2.05, 4.69) is 27.8 Å². The van der Waals surface area contributed by atoms with E-state index in [9.17, 15) is 4.79 Å². The summed E-state index contributed by atoms with van der Waals surface area (Å²) in [6, 6.07) is 18.1. The van der Waals surface area contributed by atoms with Gasteiger partial charge in [-0.15, -0.1) is 0 Å². The van der Waals surface area contributed by atoms with Gasteiger partial charge in [-0.25, -0.2) is 0 Å². The Kier molecular flexibility index (Phi) is 5.68. The molecule has 0 N–H and O–H groups in total. The number of aliphatic imine (C=N–C) groups is 1. The van der Waals surface area contributed by atoms with Crippen LogP contribution in [0.5, 0.6) is 11.5 Å². The summed E-state index contributed by atoms with van der Waals surface area (Å²) < 4.78 is 14.7. The smallest absolute Gasteiger partial charge is 0.253 e. The largest absolute Gasteiger partial charge is 0.491 e. The number of fused-ring (bicyclic) bond motifs is 4. The zero-order valence-corrected chi connectivity index (χ0v) is 20.2. The number of para-hydroxylation sites is 2. The number of hydrogen-bond donors (Lipinski definition) is 0. The van der Waals surface area contributed by atoms with Crippen molar-refractivity contribution in [2.75, 3.05) is 20.1 Å². The van der Waals surface area contributed by atoms with Crippen molar-refractivity contribution >= 4 is 12.1 Å². The highest BCUT2D eigenvalue weighted by Crippen LogP contribution is 2.45. The van der Waals surface area contributed by atoms with Gasteiger partial charge in [-0.05, 0) is 68.8 Å². The normalized spacial score (nSPS) is 16.4. The molecule has 0 bridgehead atoms. The minimum Gasteiger partial charge on any atom is -0.491 e. The monoisotopic (exact) mass is 457 g/mol. The Bertz CT molecular complexity index is 1250. The van der Waals surface area contributed by atoms with Gasteiger partial charge in [-0.1, -0.05) is 12.1 Å². The third-order valence-electron chi connectivity index (χ3n) is 6.69. The van der Waals surface area contributed by atoms with Crippen LogP contribution >= 0.6 is 0 Å². The van der Waals surface area contributed by atoms with E-state index in [4.69, 9.17) is 9.47 Å². The topological polar surface area (TPSA) is 56.1 Å². The molecular weight excluding hydrogens is 426 g/mol. The van der Waals surface area contributed by atoms with Gasteiger partial charge in [0.2, 0.25) is 0 Å². The number of amides is 1. The molecule has 2 aliphatic heterocycles. The van der Waals surface area contributed by atoms with E-state index < -0.39 is 5.60 Å². The second kappa shape index (κ2) is 8.67. The zero-order chi connectivity index (χ0) is 23.9. The number of nitrogens with zero attached hydrogens (tertiary/aromatic N) is 3. The van der Waals surface area contributed by atoms with Crippen molar-refractivity contribution in [3.05, 3.63) is 77.1 Å². The molecular formula is C28H31N3O3. The average molecular weight is 458 g/mol. The van der Waals surface area contributed by atoms with E-state index in [1.54, 1.807) is 7.05 Å². The summed E-state index contributed by atoms with van der Waals surface area (Å²) in [4.78, 5) is 19.5. The fourth-order valence-corrected chi connectivity index (χ4v) is 5.08. The van der Waals surface area contributed by atoms with E-state index in [1.807, 2.05) is 68.3 Å². The number of likely N-dealkylation sites (tertiary alicyclic amines) is 1. The highest BCUT2D eigenvalue weighted by atomic mass is 16.5. The maximum atomic E-state index is 13.3. The average Bonchev–Trinajstić information content (AvgIpc) is 3.26. The van der Waals surface area contributed by atoms with Crippen LogP contribution in [-0.4, -0.2) is 47.8 Å². The summed E-state index contributed by atoms with van der Waals surface area (Å²) in [7, 11) is 1.79. The number of ether oxygens (including phenoxy) is 2. The summed E-state index contributed by atoms with van der Waals surface area (Å²) >= 11 is 0. The van der Waals surface area contributed by atoms with E-state index in [-0.39, 0.29) is 12.0 Å². The first-order chi connectivity index (χ1) is 16.4. The fourth-order valence-electron chi connectivity index (χ4n) is 5.08. The van der Waals surface area contributed by atoms with Gasteiger partial charge in [0.15, 0.2) is 5.60 Å². The molecule has 6 heteroatoms. The van der Waals surface area contributed by atoms with Crippen LogP contribution in [-0.2, 0) is 5.60 Å². The zero-order valence-electron chi connectivity index (χ0n) is 20.2. The molecule has 0 unspecified atom stereocenters. The maximum Gasteiger partial charge on any atom is 0.253 e. The molecule has 0 saturated carbocycles. The van der Waals surface area contributed by atoms with Crippen LogP contribution in [0.25, 0.3) is 5.69 Å². The Balaban J connectivity index is 1.39. The third-order valence-corrected chi connectivity index (χ3v) is 6.69. The van der Waals surface area contributed by atoms with E-state index in [0.717, 1.165) is 47.0 Å². The van der Waals surface area contributed by atoms with Crippen LogP contribution in [0.3, 0.4) is 0 Å². The second-order valence-electron chi connectivity index (χ2n) is 9.37. The molecule has 176 valence electrons. The Morgan fingerprint density at radius 2 is 1.88 bits per heavy atom. The molecule has 1 saturated heterocycles. The number of benzene rings is 2. The lowest BCUT2D eigenvalue weighted by molar-refractivity contribution is -0.00934. The van der Waals surface area contributed by atoms with Gasteiger partial charge in [0.25, 0.3) is 5.91 Å². The van der Waals surface area contributed by atoms with Gasteiger partial charge >= 0.3 is 0 Å². The molecule has 2 aliphatic rings. The lowest BCUT2D eigenvalue weighted by atomic mass is 9.86. The van der Waals surface area contributed by atoms with Crippen LogP contribution in [0.15, 0.2) is 59.6 Å². The number of aromatic nitrogens is 1. The minimum atomic E-state index is -0.462. The molecule has 1 spiro atoms. The fraction of sp³-hybridized carbons (Fsp3) is 0.357. The van der Waals surface area contributed by atoms with E-state index >= 15 is 0 Å². The predicted molar refractivity (Wildman–Crippen MR) is 134 cm³/mol. The number of rotatable bonds is 4. The lowest BCUT2D eigenvalue weighted by Gasteiger charge is -2.45. The number of hydrogen-bond acceptors (Lipinski definition) is 4. The SMILES string of the molecule is CN=Cc1ccc2n1-c1ccccc1OC21CCN(C(=O)c2ccc(OC(C)C)c(C)c2)CC1. The molecule has 1 aromatic heterocycles. The standard InChI is InChI=1S/C28H31N3O3/c1-19(2)33-24-11-9-21(17-20(24)3)27(32)30-15-13-28(14-16-30)26-12-10-22(18-29-4)31(26)23-7-5-6-8-25(23)34-28/h5-12,17-19H,13-16H2,1-4H3. The van der Waals surface area contributed by atoms with E-state index in [1.165, 1.54) is 0 Å². The summed E-state index contributed by atoms with van der Waals surface area (Å²) in [5, 5.41) is 0. The van der Waals surface area contributed by atoms with Crippen LogP contribution in [0.4, 0.5) is 0 Å². The molecule has 3 aromatic rings. The molecule has 0 aliphatic carbocycles. The first-order valence-corrected chi connectivity index (χ1v) is 11.9. The Hall–Kier alpha value is -3.54. The molecule has 2 aromatic carbocycles. The summed E-state index contributed by atoms with van der Waals surface area (Å²) in [5.41, 5.74) is 4.40. The van der Waals surface area contributed by atoms with Crippen LogP contribution < -0.4 is 9.47 Å². The van der Waals surface area contributed by atoms with Gasteiger partial charge in [0.05, 0.1) is 23.2 Å². The number of piperidine rings is 1. The highest BCUT2D eigenvalue weighted by Gasteiger charge is 2.45. The van der Waals surface area contributed by atoms with Crippen molar-refractivity contribution in [2.45, 2.75) is 45.3 Å². The van der Waals surface area contributed by atoms with Crippen molar-refractivity contribution in [3.63, 3.8) is 0 Å². The first kappa shape index (κ1) is 22.3. The molecule has 1 fully saturated rings. The van der Waals surface area contributed by atoms with Crippen LogP contribution in [0, 0.1) is 6.92 Å². The first-order valence-electron chi connectivity index (χ1n) is 11.9. The van der Waals surface area contributed by atoms with Crippen molar-refractivity contribution in [3.8, 4) is 17.2 Å². The highest BCUT2D eigenvalue weighted by molar-refractivity contribution is 5.94. The minimum absolute atomic E-state index is 0.0550. The van der Waals surface area contributed by atoms with Crippen LogP contribution in [0.1, 0.15) is 54.0 Å². The number of carbonyl (C=O) groups is 1. The van der Waals surface area contributed by atoms with Gasteiger partial charge in [0, 0.05) is 44.8 Å². The summed E-state index contributed by atoms with van der Waals surface area (Å²) in [6.07, 6.45) is 3.44. The van der Waals surface area contributed by atoms with Gasteiger partial charge in [-0.3, -0.25) is 9.79 Å². The van der Waals surface area contributed by atoms with Gasteiger partial charge < -0.3 is 18.9 Å². The molecule has 1 amide bonds. The van der Waals surface area contributed by atoms with Crippen molar-refractivity contribution in [1.29, 1.82) is 0 Å². The molecule has 34 heavy (non-hydrogen) atoms. The van der Waals surface area contributed by atoms with Crippen molar-refractivity contribution < 1.29 is 14.3 Å². The Morgan fingerprint density at radius 3 is 2.59 bits per heavy atom. The third kappa shape index (κ3) is 3.77. The predicted octanol–water partition coefficient (Wildman–Crippen LogP) is 5.15. The quantitative estimate of drug-likeness (QED) is 0.510. The van der Waals surface area contributed by atoms with Crippen molar-refractivity contribution in [2.24, 2.45) is 4.99 Å². The Morgan fingerprint density at radius 1 is 1.12 bits per heavy atom. The lowest BCUT2D eigenvalue weighted by Crippen LogP contribution is -2.50. The number of aryl methyl sites for hydroxylation is 1. The Labute approximate surface area is 200 Å². The second-order valence-corrected chi connectivity index (χ2v) is 9.37. The molecule has 3 heterocycles. The van der Waals surface area contributed by atoms with Gasteiger partial charge in [-0.2, -0.15) is 0 Å². The van der Waals surface area contributed by atoms with Crippen molar-refractivity contribution in [1.82, 2.24) is 9.47 Å². The summed E-state index contributed by atoms with van der Waals surface area (Å²) in [5.74, 6) is 1.75. The maximum absolute atomic E-state index is 13.3. The van der Waals surface area contributed by atoms with E-state index in [0.29, 0.717) is 18.7 Å². The molecule has 0 radical (unpaired) electrons. The molecule has 6 nitrogen and oxygen atoms in total. The summed E-state index contributed by atoms with van der Waals surface area (Å²) in [6.45, 7) is 7.25. The van der Waals surface area contributed by atoms with Gasteiger partial charge in [0.1, 0.15) is 11.5 Å². The molecule has 5 rings (SSSR count). The number of carbonyl (C=O) groups excluding carboxylic acids is 1. The van der Waals surface area contributed by atoms with Crippen LogP contribution in [0.2, 0.25) is 0 Å².